The van der Waals surface area contributed by atoms with Crippen LogP contribution in [0.1, 0.15) is 18.0 Å². The lowest BCUT2D eigenvalue weighted by Crippen LogP contribution is -2.40. The minimum Gasteiger partial charge on any atom is -0.493 e. The zero-order valence-corrected chi connectivity index (χ0v) is 15.7. The van der Waals surface area contributed by atoms with Gasteiger partial charge >= 0.3 is 0 Å². The lowest BCUT2D eigenvalue weighted by molar-refractivity contribution is 0.262. The maximum Gasteiger partial charge on any atom is 0.215 e. The Morgan fingerprint density at radius 1 is 1.36 bits per heavy atom. The molecule has 25 heavy (non-hydrogen) atoms. The van der Waals surface area contributed by atoms with Gasteiger partial charge in [0.05, 0.1) is 24.9 Å². The summed E-state index contributed by atoms with van der Waals surface area (Å²) in [6.07, 6.45) is 0.789. The van der Waals surface area contributed by atoms with Gasteiger partial charge in [-0.15, -0.1) is 0 Å². The third kappa shape index (κ3) is 4.80. The SMILES string of the molecule is NC(=NCCS(=O)(=O)N1CCSCC1)NC1CCOc2ccccc21. The van der Waals surface area contributed by atoms with Crippen molar-refractivity contribution in [3.8, 4) is 5.75 Å². The first-order valence-electron chi connectivity index (χ1n) is 8.40. The van der Waals surface area contributed by atoms with Gasteiger partial charge in [0, 0.05) is 36.6 Å². The lowest BCUT2D eigenvalue weighted by Gasteiger charge is -2.27. The minimum absolute atomic E-state index is 0.00951. The van der Waals surface area contributed by atoms with Crippen LogP contribution in [-0.4, -0.2) is 62.2 Å². The molecule has 0 aliphatic carbocycles. The summed E-state index contributed by atoms with van der Waals surface area (Å²) in [4.78, 5) is 4.20. The molecule has 3 rings (SSSR count). The topological polar surface area (TPSA) is 97.0 Å². The van der Waals surface area contributed by atoms with Crippen LogP contribution in [0.3, 0.4) is 0 Å². The summed E-state index contributed by atoms with van der Waals surface area (Å²) in [5.74, 6) is 2.82. The van der Waals surface area contributed by atoms with Crippen molar-refractivity contribution >= 4 is 27.7 Å². The van der Waals surface area contributed by atoms with E-state index in [2.05, 4.69) is 10.3 Å². The third-order valence-corrected chi connectivity index (χ3v) is 7.07. The van der Waals surface area contributed by atoms with Crippen molar-refractivity contribution in [1.82, 2.24) is 9.62 Å². The van der Waals surface area contributed by atoms with Crippen molar-refractivity contribution in [3.63, 3.8) is 0 Å². The molecular weight excluding hydrogens is 360 g/mol. The van der Waals surface area contributed by atoms with Crippen molar-refractivity contribution in [2.45, 2.75) is 12.5 Å². The van der Waals surface area contributed by atoms with E-state index in [1.165, 1.54) is 0 Å². The fourth-order valence-electron chi connectivity index (χ4n) is 2.95. The molecule has 0 amide bonds. The van der Waals surface area contributed by atoms with Crippen molar-refractivity contribution < 1.29 is 13.2 Å². The molecule has 1 fully saturated rings. The quantitative estimate of drug-likeness (QED) is 0.576. The van der Waals surface area contributed by atoms with Gasteiger partial charge in [-0.05, 0) is 6.07 Å². The Kier molecular flexibility index (Phi) is 6.08. The molecule has 0 spiro atoms. The number of sulfonamides is 1. The van der Waals surface area contributed by atoms with E-state index in [0.717, 1.165) is 29.2 Å². The van der Waals surface area contributed by atoms with Gasteiger partial charge < -0.3 is 15.8 Å². The Balaban J connectivity index is 1.54. The predicted octanol–water partition coefficient (Wildman–Crippen LogP) is 0.793. The van der Waals surface area contributed by atoms with E-state index >= 15 is 0 Å². The summed E-state index contributed by atoms with van der Waals surface area (Å²) in [5, 5.41) is 3.18. The second-order valence-corrected chi connectivity index (χ2v) is 9.28. The number of rotatable bonds is 5. The molecule has 0 bridgehead atoms. The van der Waals surface area contributed by atoms with Gasteiger partial charge in [0.2, 0.25) is 10.0 Å². The van der Waals surface area contributed by atoms with Gasteiger partial charge in [-0.25, -0.2) is 12.7 Å². The third-order valence-electron chi connectivity index (χ3n) is 4.28. The molecule has 0 saturated carbocycles. The maximum absolute atomic E-state index is 12.3. The van der Waals surface area contributed by atoms with E-state index in [-0.39, 0.29) is 24.3 Å². The summed E-state index contributed by atoms with van der Waals surface area (Å²) in [6, 6.07) is 7.85. The Hall–Kier alpha value is -1.45. The molecule has 3 N–H and O–H groups in total. The van der Waals surface area contributed by atoms with Crippen LogP contribution in [-0.2, 0) is 10.0 Å². The molecule has 1 unspecified atom stereocenters. The fraction of sp³-hybridized carbons (Fsp3) is 0.562. The molecule has 0 aromatic heterocycles. The Labute approximate surface area is 153 Å². The van der Waals surface area contributed by atoms with E-state index in [1.807, 2.05) is 24.3 Å². The van der Waals surface area contributed by atoms with Crippen LogP contribution in [0.25, 0.3) is 0 Å². The summed E-state index contributed by atoms with van der Waals surface area (Å²) in [5.41, 5.74) is 7.00. The van der Waals surface area contributed by atoms with E-state index in [0.29, 0.717) is 19.7 Å². The number of nitrogens with two attached hydrogens (primary N) is 1. The summed E-state index contributed by atoms with van der Waals surface area (Å²) < 4.78 is 31.8. The molecule has 7 nitrogen and oxygen atoms in total. The number of hydrogen-bond acceptors (Lipinski definition) is 5. The number of hydrogen-bond donors (Lipinski definition) is 2. The maximum atomic E-state index is 12.3. The molecular formula is C16H24N4O3S2. The number of nitrogens with one attached hydrogen (secondary N) is 1. The molecule has 138 valence electrons. The van der Waals surface area contributed by atoms with Crippen LogP contribution in [0.5, 0.6) is 5.75 Å². The molecule has 1 saturated heterocycles. The van der Waals surface area contributed by atoms with Crippen molar-refractivity contribution in [2.75, 3.05) is 43.5 Å². The summed E-state index contributed by atoms with van der Waals surface area (Å²) in [7, 11) is -3.25. The highest BCUT2D eigenvalue weighted by molar-refractivity contribution is 7.99. The predicted molar refractivity (Wildman–Crippen MR) is 102 cm³/mol. The van der Waals surface area contributed by atoms with Gasteiger partial charge in [0.15, 0.2) is 5.96 Å². The number of fused-ring (bicyclic) bond motifs is 1. The Morgan fingerprint density at radius 3 is 2.92 bits per heavy atom. The molecule has 2 heterocycles. The van der Waals surface area contributed by atoms with Gasteiger partial charge in [-0.1, -0.05) is 18.2 Å². The van der Waals surface area contributed by atoms with Gasteiger partial charge in [0.1, 0.15) is 5.75 Å². The highest BCUT2D eigenvalue weighted by atomic mass is 32.2. The zero-order valence-electron chi connectivity index (χ0n) is 14.1. The van der Waals surface area contributed by atoms with Crippen LogP contribution < -0.4 is 15.8 Å². The number of thioether (sulfide) groups is 1. The van der Waals surface area contributed by atoms with Crippen LogP contribution in [0.4, 0.5) is 0 Å². The monoisotopic (exact) mass is 384 g/mol. The van der Waals surface area contributed by atoms with E-state index in [1.54, 1.807) is 16.1 Å². The number of para-hydroxylation sites is 1. The van der Waals surface area contributed by atoms with Gasteiger partial charge in [0.25, 0.3) is 0 Å². The summed E-state index contributed by atoms with van der Waals surface area (Å²) in [6.45, 7) is 1.95. The number of aliphatic imine (C=N–C) groups is 1. The van der Waals surface area contributed by atoms with Crippen molar-refractivity contribution in [1.29, 1.82) is 0 Å². The molecule has 1 atom stereocenters. The molecule has 2 aliphatic heterocycles. The fourth-order valence-corrected chi connectivity index (χ4v) is 5.40. The van der Waals surface area contributed by atoms with Gasteiger partial charge in [-0.3, -0.25) is 4.99 Å². The first kappa shape index (κ1) is 18.3. The zero-order chi connectivity index (χ0) is 17.7. The number of guanidine groups is 1. The molecule has 9 heteroatoms. The molecule has 1 aromatic carbocycles. The smallest absolute Gasteiger partial charge is 0.215 e. The van der Waals surface area contributed by atoms with Crippen LogP contribution in [0.2, 0.25) is 0 Å². The number of nitrogens with zero attached hydrogens (tertiary/aromatic N) is 2. The molecule has 0 radical (unpaired) electrons. The van der Waals surface area contributed by atoms with E-state index in [4.69, 9.17) is 10.5 Å². The van der Waals surface area contributed by atoms with E-state index < -0.39 is 10.0 Å². The second kappa shape index (κ2) is 8.29. The highest BCUT2D eigenvalue weighted by Crippen LogP contribution is 2.31. The van der Waals surface area contributed by atoms with E-state index in [9.17, 15) is 8.42 Å². The lowest BCUT2D eigenvalue weighted by atomic mass is 10.0. The molecule has 1 aromatic rings. The normalized spacial score (nSPS) is 22.1. The Morgan fingerprint density at radius 2 is 2.12 bits per heavy atom. The largest absolute Gasteiger partial charge is 0.493 e. The Bertz CT molecular complexity index is 718. The average Bonchev–Trinajstić information content (AvgIpc) is 2.63. The minimum atomic E-state index is -3.25. The number of ether oxygens (including phenoxy) is 1. The highest BCUT2D eigenvalue weighted by Gasteiger charge is 2.24. The number of benzene rings is 1. The van der Waals surface area contributed by atoms with Crippen LogP contribution in [0.15, 0.2) is 29.3 Å². The molecule has 2 aliphatic rings. The second-order valence-electron chi connectivity index (χ2n) is 5.97. The summed E-state index contributed by atoms with van der Waals surface area (Å²) >= 11 is 1.78. The first-order chi connectivity index (χ1) is 12.1. The van der Waals surface area contributed by atoms with Crippen LogP contribution >= 0.6 is 11.8 Å². The first-order valence-corrected chi connectivity index (χ1v) is 11.2. The van der Waals surface area contributed by atoms with Crippen molar-refractivity contribution in [2.24, 2.45) is 10.7 Å². The standard InChI is InChI=1S/C16H24N4O3S2/c17-16(18-6-12-25(21,22)20-7-10-24-11-8-20)19-14-5-9-23-15-4-2-1-3-13(14)15/h1-4,14H,5-12H2,(H3,17,18,19). The van der Waals surface area contributed by atoms with Gasteiger partial charge in [-0.2, -0.15) is 11.8 Å². The van der Waals surface area contributed by atoms with Crippen LogP contribution in [0, 0.1) is 0 Å². The average molecular weight is 385 g/mol. The van der Waals surface area contributed by atoms with Crippen molar-refractivity contribution in [3.05, 3.63) is 29.8 Å².